The maximum atomic E-state index is 12.7. The van der Waals surface area contributed by atoms with Gasteiger partial charge in [0.15, 0.2) is 0 Å². The molecule has 0 spiro atoms. The van der Waals surface area contributed by atoms with E-state index in [-0.39, 0.29) is 23.5 Å². The van der Waals surface area contributed by atoms with E-state index in [0.717, 1.165) is 43.3 Å². The van der Waals surface area contributed by atoms with Crippen molar-refractivity contribution in [2.24, 2.45) is 0 Å². The number of hydrogen-bond donors (Lipinski definition) is 1. The van der Waals surface area contributed by atoms with E-state index in [0.29, 0.717) is 36.6 Å². The Labute approximate surface area is 172 Å². The van der Waals surface area contributed by atoms with Crippen LogP contribution < -0.4 is 5.56 Å². The molecule has 1 aliphatic heterocycles. The van der Waals surface area contributed by atoms with Gasteiger partial charge >= 0.3 is 0 Å². The molecule has 0 unspecified atom stereocenters. The van der Waals surface area contributed by atoms with Crippen molar-refractivity contribution < 1.29 is 9.85 Å². The second-order valence-electron chi connectivity index (χ2n) is 8.00. The summed E-state index contributed by atoms with van der Waals surface area (Å²) in [7, 11) is 0. The first kappa shape index (κ1) is 20.1. The number of aromatic amines is 1. The largest absolute Gasteiger partial charge is 0.310 e. The van der Waals surface area contributed by atoms with Crippen molar-refractivity contribution in [2.45, 2.75) is 57.5 Å². The van der Waals surface area contributed by atoms with Crippen LogP contribution in [0.5, 0.6) is 0 Å². The molecule has 2 heterocycles. The van der Waals surface area contributed by atoms with Gasteiger partial charge in [-0.05, 0) is 18.9 Å². The zero-order chi connectivity index (χ0) is 21.3. The van der Waals surface area contributed by atoms with Crippen LogP contribution in [0.1, 0.15) is 60.7 Å². The summed E-state index contributed by atoms with van der Waals surface area (Å²) >= 11 is 0. The minimum Gasteiger partial charge on any atom is -0.310 e. The van der Waals surface area contributed by atoms with Gasteiger partial charge in [-0.2, -0.15) is 0 Å². The van der Waals surface area contributed by atoms with Crippen LogP contribution in [0.2, 0.25) is 0 Å². The fourth-order valence-corrected chi connectivity index (χ4v) is 4.41. The highest BCUT2D eigenvalue weighted by atomic mass is 16.6. The molecule has 2 aliphatic rings. The number of hydrogen-bond acceptors (Lipinski definition) is 7. The molecule has 0 atom stereocenters. The van der Waals surface area contributed by atoms with Crippen LogP contribution in [0.3, 0.4) is 0 Å². The lowest BCUT2D eigenvalue weighted by molar-refractivity contribution is -0.394. The van der Waals surface area contributed by atoms with Gasteiger partial charge in [0, 0.05) is 43.6 Å². The lowest BCUT2D eigenvalue weighted by Gasteiger charge is -2.28. The average molecular weight is 413 g/mol. The Balaban J connectivity index is 1.54. The summed E-state index contributed by atoms with van der Waals surface area (Å²) in [6.45, 7) is 1.19. The van der Waals surface area contributed by atoms with E-state index in [4.69, 9.17) is 4.98 Å². The molecule has 0 amide bonds. The maximum Gasteiger partial charge on any atom is 0.280 e. The molecule has 30 heavy (non-hydrogen) atoms. The lowest BCUT2D eigenvalue weighted by atomic mass is 9.88. The van der Waals surface area contributed by atoms with E-state index < -0.39 is 9.85 Å². The van der Waals surface area contributed by atoms with Gasteiger partial charge in [0.25, 0.3) is 16.9 Å². The topological polar surface area (TPSA) is 135 Å². The van der Waals surface area contributed by atoms with Gasteiger partial charge in [-0.3, -0.25) is 29.9 Å². The zero-order valence-corrected chi connectivity index (χ0v) is 16.5. The van der Waals surface area contributed by atoms with E-state index in [9.17, 15) is 25.0 Å². The van der Waals surface area contributed by atoms with Gasteiger partial charge in [-0.25, -0.2) is 4.98 Å². The average Bonchev–Trinajstić information content (AvgIpc) is 2.74. The van der Waals surface area contributed by atoms with Crippen molar-refractivity contribution in [3.05, 3.63) is 71.4 Å². The molecule has 10 heteroatoms. The van der Waals surface area contributed by atoms with Crippen LogP contribution in [0.15, 0.2) is 23.0 Å². The molecular formula is C20H23N5O5. The van der Waals surface area contributed by atoms with Crippen molar-refractivity contribution >= 4 is 11.4 Å². The van der Waals surface area contributed by atoms with E-state index in [1.54, 1.807) is 0 Å². The van der Waals surface area contributed by atoms with Crippen LogP contribution in [0.4, 0.5) is 11.4 Å². The first-order valence-electron chi connectivity index (χ1n) is 10.2. The number of rotatable bonds is 5. The van der Waals surface area contributed by atoms with Gasteiger partial charge in [0.2, 0.25) is 0 Å². The third-order valence-corrected chi connectivity index (χ3v) is 6.03. The maximum absolute atomic E-state index is 12.7. The van der Waals surface area contributed by atoms with Gasteiger partial charge in [-0.1, -0.05) is 19.3 Å². The van der Waals surface area contributed by atoms with Crippen molar-refractivity contribution in [3.63, 3.8) is 0 Å². The normalized spacial score (nSPS) is 17.5. The monoisotopic (exact) mass is 413 g/mol. The summed E-state index contributed by atoms with van der Waals surface area (Å²) in [5.41, 5.74) is 1.07. The van der Waals surface area contributed by atoms with Crippen molar-refractivity contribution in [1.82, 2.24) is 14.9 Å². The standard InChI is InChI=1S/C20H23N5O5/c26-20-16-12-23(11-14-6-7-15(24(27)28)10-18(14)25(29)30)9-8-17(16)21-19(22-20)13-4-2-1-3-5-13/h6-7,10,13H,1-5,8-9,11-12H2,(H,21,22,26). The van der Waals surface area contributed by atoms with E-state index in [1.165, 1.54) is 18.6 Å². The predicted octanol–water partition coefficient (Wildman–Crippen LogP) is 3.19. The highest BCUT2D eigenvalue weighted by Gasteiger charge is 2.27. The van der Waals surface area contributed by atoms with Crippen molar-refractivity contribution in [2.75, 3.05) is 6.54 Å². The second-order valence-corrected chi connectivity index (χ2v) is 8.00. The summed E-state index contributed by atoms with van der Waals surface area (Å²) < 4.78 is 0. The minimum atomic E-state index is -0.650. The van der Waals surface area contributed by atoms with E-state index >= 15 is 0 Å². The molecule has 1 N–H and O–H groups in total. The SMILES string of the molecule is O=c1[nH]c(C2CCCCC2)nc2c1CN(Cc1ccc([N+](=O)[O-])cc1[N+](=O)[O-])CC2. The number of non-ortho nitro benzene ring substituents is 1. The summed E-state index contributed by atoms with van der Waals surface area (Å²) in [6.07, 6.45) is 6.25. The highest BCUT2D eigenvalue weighted by molar-refractivity contribution is 5.49. The molecule has 1 saturated carbocycles. The molecule has 158 valence electrons. The van der Waals surface area contributed by atoms with Gasteiger partial charge in [0.05, 0.1) is 27.2 Å². The van der Waals surface area contributed by atoms with Gasteiger partial charge in [0.1, 0.15) is 5.82 Å². The molecule has 10 nitrogen and oxygen atoms in total. The van der Waals surface area contributed by atoms with Gasteiger partial charge < -0.3 is 4.98 Å². The molecule has 1 aromatic heterocycles. The summed E-state index contributed by atoms with van der Waals surface area (Å²) in [5, 5.41) is 22.3. The number of H-pyrrole nitrogens is 1. The quantitative estimate of drug-likeness (QED) is 0.587. The summed E-state index contributed by atoms with van der Waals surface area (Å²) in [4.78, 5) is 43.4. The molecular weight excluding hydrogens is 390 g/mol. The van der Waals surface area contributed by atoms with E-state index in [1.807, 2.05) is 4.90 Å². The molecule has 0 radical (unpaired) electrons. The molecule has 0 bridgehead atoms. The Kier molecular flexibility index (Phi) is 5.58. The second kappa shape index (κ2) is 8.31. The molecule has 2 aromatic rings. The summed E-state index contributed by atoms with van der Waals surface area (Å²) in [5.74, 6) is 1.11. The van der Waals surface area contributed by atoms with Gasteiger partial charge in [-0.15, -0.1) is 0 Å². The Morgan fingerprint density at radius 2 is 1.90 bits per heavy atom. The Bertz CT molecular complexity index is 1040. The zero-order valence-electron chi connectivity index (χ0n) is 16.5. The summed E-state index contributed by atoms with van der Waals surface area (Å²) in [6, 6.07) is 3.67. The lowest BCUT2D eigenvalue weighted by Crippen LogP contribution is -2.36. The number of nitro groups is 2. The Morgan fingerprint density at radius 1 is 1.13 bits per heavy atom. The fourth-order valence-electron chi connectivity index (χ4n) is 4.41. The number of nitro benzene ring substituents is 2. The molecule has 1 fully saturated rings. The first-order chi connectivity index (χ1) is 14.4. The molecule has 1 aromatic carbocycles. The van der Waals surface area contributed by atoms with E-state index in [2.05, 4.69) is 4.98 Å². The highest BCUT2D eigenvalue weighted by Crippen LogP contribution is 2.31. The molecule has 0 saturated heterocycles. The van der Waals surface area contributed by atoms with Crippen molar-refractivity contribution in [1.29, 1.82) is 0 Å². The van der Waals surface area contributed by atoms with Crippen LogP contribution >= 0.6 is 0 Å². The number of aromatic nitrogens is 2. The third kappa shape index (κ3) is 4.09. The van der Waals surface area contributed by atoms with Crippen molar-refractivity contribution in [3.8, 4) is 0 Å². The Morgan fingerprint density at radius 3 is 2.60 bits per heavy atom. The molecule has 1 aliphatic carbocycles. The number of nitrogens with zero attached hydrogens (tertiary/aromatic N) is 4. The number of benzene rings is 1. The Hall–Kier alpha value is -3.14. The van der Waals surface area contributed by atoms with Crippen LogP contribution in [0.25, 0.3) is 0 Å². The smallest absolute Gasteiger partial charge is 0.280 e. The number of fused-ring (bicyclic) bond motifs is 1. The fraction of sp³-hybridized carbons (Fsp3) is 0.500. The number of nitrogens with one attached hydrogen (secondary N) is 1. The first-order valence-corrected chi connectivity index (χ1v) is 10.2. The van der Waals surface area contributed by atoms with Crippen LogP contribution in [0, 0.1) is 20.2 Å². The van der Waals surface area contributed by atoms with Crippen LogP contribution in [-0.2, 0) is 19.5 Å². The predicted molar refractivity (Wildman–Crippen MR) is 108 cm³/mol. The molecule has 4 rings (SSSR count). The van der Waals surface area contributed by atoms with Crippen LogP contribution in [-0.4, -0.2) is 31.3 Å². The minimum absolute atomic E-state index is 0.136. The third-order valence-electron chi connectivity index (χ3n) is 6.03.